The normalized spacial score (nSPS) is 11.2. The van der Waals surface area contributed by atoms with Gasteiger partial charge >= 0.3 is 136 Å². The molecule has 0 fully saturated rings. The van der Waals surface area contributed by atoms with Crippen LogP contribution in [0.25, 0.3) is 25.6 Å². The summed E-state index contributed by atoms with van der Waals surface area (Å²) in [6.45, 7) is 2.24. The first-order valence-corrected chi connectivity index (χ1v) is 9.00. The average Bonchev–Trinajstić information content (AvgIpc) is 3.09. The van der Waals surface area contributed by atoms with Gasteiger partial charge in [-0.2, -0.15) is 0 Å². The van der Waals surface area contributed by atoms with Gasteiger partial charge in [-0.25, -0.2) is 0 Å². The zero-order chi connectivity index (χ0) is 15.1. The van der Waals surface area contributed by atoms with Crippen molar-refractivity contribution >= 4 is 24.1 Å². The fraction of sp³-hybridized carbons (Fsp3) is 0.105. The van der Waals surface area contributed by atoms with Gasteiger partial charge in [0.05, 0.1) is 0 Å². The molecule has 0 saturated heterocycles. The first-order valence-electron chi connectivity index (χ1n) is 7.28. The van der Waals surface area contributed by atoms with Crippen molar-refractivity contribution in [3.63, 3.8) is 0 Å². The number of fused-ring (bicyclic) bond motifs is 1. The van der Waals surface area contributed by atoms with Crippen LogP contribution in [0.2, 0.25) is 0 Å². The summed E-state index contributed by atoms with van der Waals surface area (Å²) in [6, 6.07) is 19.2. The van der Waals surface area contributed by atoms with Crippen LogP contribution in [0.3, 0.4) is 0 Å². The van der Waals surface area contributed by atoms with E-state index in [0.29, 0.717) is 14.5 Å². The monoisotopic (exact) mass is 352 g/mol. The maximum absolute atomic E-state index is 3.37. The van der Waals surface area contributed by atoms with Crippen molar-refractivity contribution < 1.29 is 4.57 Å². The number of rotatable bonds is 2. The molecular formula is C19H16N2Se. The Hall–Kier alpha value is -2.09. The van der Waals surface area contributed by atoms with Gasteiger partial charge < -0.3 is 0 Å². The Labute approximate surface area is 136 Å². The SMILES string of the molecule is Cc1c(-c2n(C)c[c-][n+]2-c2ccccc2)[se]c2ccccc12. The summed E-state index contributed by atoms with van der Waals surface area (Å²) in [5.74, 6) is 1.24. The number of para-hydroxylation sites is 1. The third-order valence-corrected chi connectivity index (χ3v) is 6.65. The van der Waals surface area contributed by atoms with E-state index in [1.54, 1.807) is 0 Å². The van der Waals surface area contributed by atoms with Gasteiger partial charge in [-0.05, 0) is 0 Å². The van der Waals surface area contributed by atoms with Crippen molar-refractivity contribution in [1.29, 1.82) is 0 Å². The first kappa shape index (κ1) is 13.6. The molecule has 108 valence electrons. The molecule has 0 N–H and O–H groups in total. The van der Waals surface area contributed by atoms with Crippen LogP contribution in [-0.4, -0.2) is 19.1 Å². The molecule has 3 heteroatoms. The Balaban J connectivity index is 2.00. The molecule has 0 aliphatic heterocycles. The predicted molar refractivity (Wildman–Crippen MR) is 90.4 cm³/mol. The number of hydrogen-bond acceptors (Lipinski definition) is 0. The topological polar surface area (TPSA) is 8.81 Å². The Morgan fingerprint density at radius 1 is 1.00 bits per heavy atom. The van der Waals surface area contributed by atoms with Crippen LogP contribution < -0.4 is 4.57 Å². The van der Waals surface area contributed by atoms with E-state index in [1.807, 2.05) is 12.3 Å². The van der Waals surface area contributed by atoms with Crippen molar-refractivity contribution in [1.82, 2.24) is 4.57 Å². The van der Waals surface area contributed by atoms with Gasteiger partial charge in [0.1, 0.15) is 0 Å². The van der Waals surface area contributed by atoms with Crippen molar-refractivity contribution in [3.8, 4) is 15.9 Å². The molecule has 0 amide bonds. The summed E-state index contributed by atoms with van der Waals surface area (Å²) >= 11 is 0.344. The predicted octanol–water partition coefficient (Wildman–Crippen LogP) is 3.29. The van der Waals surface area contributed by atoms with Crippen LogP contribution >= 0.6 is 0 Å². The van der Waals surface area contributed by atoms with Crippen molar-refractivity contribution in [3.05, 3.63) is 72.6 Å². The molecular weight excluding hydrogens is 335 g/mol. The molecule has 22 heavy (non-hydrogen) atoms. The molecule has 0 radical (unpaired) electrons. The van der Waals surface area contributed by atoms with Crippen LogP contribution in [-0.2, 0) is 7.05 Å². The second kappa shape index (κ2) is 5.27. The third-order valence-electron chi connectivity index (χ3n) is 3.99. The summed E-state index contributed by atoms with van der Waals surface area (Å²) in [4.78, 5) is 0. The van der Waals surface area contributed by atoms with E-state index in [-0.39, 0.29) is 0 Å². The molecule has 0 saturated carbocycles. The number of nitrogens with zero attached hydrogens (tertiary/aromatic N) is 2. The summed E-state index contributed by atoms with van der Waals surface area (Å²) in [5, 5.41) is 1.40. The van der Waals surface area contributed by atoms with Crippen molar-refractivity contribution in [2.24, 2.45) is 7.05 Å². The molecule has 4 aromatic rings. The van der Waals surface area contributed by atoms with E-state index in [2.05, 4.69) is 77.8 Å². The number of benzene rings is 2. The minimum atomic E-state index is 0.344. The molecule has 0 bridgehead atoms. The Kier molecular flexibility index (Phi) is 3.25. The number of hydrogen-bond donors (Lipinski definition) is 0. The summed E-state index contributed by atoms with van der Waals surface area (Å²) < 4.78 is 7.27. The molecule has 0 aliphatic carbocycles. The molecule has 0 aliphatic rings. The van der Waals surface area contributed by atoms with Crippen molar-refractivity contribution in [2.75, 3.05) is 0 Å². The third kappa shape index (κ3) is 2.06. The quantitative estimate of drug-likeness (QED) is 0.298. The first-order chi connectivity index (χ1) is 10.8. The minimum absolute atomic E-state index is 0.344. The number of aryl methyl sites for hydroxylation is 2. The molecule has 2 heterocycles. The zero-order valence-corrected chi connectivity index (χ0v) is 14.3. The Morgan fingerprint density at radius 3 is 2.50 bits per heavy atom. The van der Waals surface area contributed by atoms with Crippen molar-refractivity contribution in [2.45, 2.75) is 6.92 Å². The fourth-order valence-corrected chi connectivity index (χ4v) is 5.55. The summed E-state index contributed by atoms with van der Waals surface area (Å²) in [7, 11) is 2.10. The molecule has 2 nitrogen and oxygen atoms in total. The maximum atomic E-state index is 3.37. The summed E-state index contributed by atoms with van der Waals surface area (Å²) in [5.41, 5.74) is 2.56. The van der Waals surface area contributed by atoms with Crippen LogP contribution in [0.5, 0.6) is 0 Å². The van der Waals surface area contributed by atoms with Gasteiger partial charge in [-0.15, -0.1) is 0 Å². The number of imidazole rings is 1. The standard InChI is InChI=1S/C19H16N2Se/c1-14-16-10-6-7-11-17(16)22-18(14)19-20(2)12-13-21(19)15-8-4-3-5-9-15/h3-12H,1-2H3. The van der Waals surface area contributed by atoms with Gasteiger partial charge in [0.25, 0.3) is 0 Å². The second-order valence-electron chi connectivity index (χ2n) is 5.42. The van der Waals surface area contributed by atoms with Crippen LogP contribution in [0, 0.1) is 13.1 Å². The molecule has 0 unspecified atom stereocenters. The van der Waals surface area contributed by atoms with Crippen LogP contribution in [0.4, 0.5) is 0 Å². The van der Waals surface area contributed by atoms with Gasteiger partial charge in [-0.1, -0.05) is 0 Å². The molecule has 0 spiro atoms. The van der Waals surface area contributed by atoms with E-state index < -0.39 is 0 Å². The van der Waals surface area contributed by atoms with Gasteiger partial charge in [-0.3, -0.25) is 0 Å². The van der Waals surface area contributed by atoms with E-state index in [4.69, 9.17) is 0 Å². The van der Waals surface area contributed by atoms with E-state index >= 15 is 0 Å². The Morgan fingerprint density at radius 2 is 1.73 bits per heavy atom. The zero-order valence-electron chi connectivity index (χ0n) is 12.6. The van der Waals surface area contributed by atoms with E-state index in [1.165, 1.54) is 25.5 Å². The van der Waals surface area contributed by atoms with Crippen LogP contribution in [0.1, 0.15) is 5.56 Å². The molecule has 2 aromatic heterocycles. The van der Waals surface area contributed by atoms with Gasteiger partial charge in [0.2, 0.25) is 0 Å². The van der Waals surface area contributed by atoms with Gasteiger partial charge in [0.15, 0.2) is 0 Å². The molecule has 4 rings (SSSR count). The average molecular weight is 351 g/mol. The Bertz CT molecular complexity index is 948. The number of aromatic nitrogens is 2. The molecule has 2 aromatic carbocycles. The fourth-order valence-electron chi connectivity index (χ4n) is 2.85. The van der Waals surface area contributed by atoms with E-state index in [0.717, 1.165) is 5.69 Å². The molecule has 0 atom stereocenters. The second-order valence-corrected chi connectivity index (χ2v) is 7.62. The van der Waals surface area contributed by atoms with E-state index in [9.17, 15) is 0 Å². The summed E-state index contributed by atoms with van der Waals surface area (Å²) in [6.07, 6.45) is 5.39. The van der Waals surface area contributed by atoms with Crippen LogP contribution in [0.15, 0.2) is 60.8 Å². The van der Waals surface area contributed by atoms with Gasteiger partial charge in [0, 0.05) is 0 Å².